The molecular formula is C25H19F4N3O3. The third-order valence-corrected chi connectivity index (χ3v) is 5.38. The molecule has 0 aliphatic rings. The molecule has 4 aromatic rings. The largest absolute Gasteiger partial charge is 0.497 e. The summed E-state index contributed by atoms with van der Waals surface area (Å²) in [7, 11) is 1.55. The SMILES string of the molecule is COc1ccc(COc2ccc(C(F)(F)C(O)(c3cncnc3)c3ccc(F)cc3F)nc2)cc1. The third kappa shape index (κ3) is 4.65. The Balaban J connectivity index is 1.65. The molecule has 2 aromatic heterocycles. The van der Waals surface area contributed by atoms with E-state index in [0.717, 1.165) is 48.7 Å². The Labute approximate surface area is 197 Å². The highest BCUT2D eigenvalue weighted by molar-refractivity contribution is 5.41. The van der Waals surface area contributed by atoms with Gasteiger partial charge in [-0.2, -0.15) is 8.78 Å². The first-order chi connectivity index (χ1) is 16.8. The van der Waals surface area contributed by atoms with Crippen molar-refractivity contribution in [3.63, 3.8) is 0 Å². The summed E-state index contributed by atoms with van der Waals surface area (Å²) in [5.74, 6) is -5.66. The summed E-state index contributed by atoms with van der Waals surface area (Å²) in [5, 5.41) is 11.3. The van der Waals surface area contributed by atoms with Crippen molar-refractivity contribution in [1.29, 1.82) is 0 Å². The number of aromatic nitrogens is 3. The first-order valence-corrected chi connectivity index (χ1v) is 10.3. The van der Waals surface area contributed by atoms with Crippen LogP contribution in [0.15, 0.2) is 79.5 Å². The number of halogens is 4. The number of ether oxygens (including phenoxy) is 2. The van der Waals surface area contributed by atoms with Crippen LogP contribution in [0.4, 0.5) is 17.6 Å². The molecule has 0 aliphatic carbocycles. The normalized spacial score (nSPS) is 13.2. The van der Waals surface area contributed by atoms with Gasteiger partial charge in [-0.1, -0.05) is 12.1 Å². The highest BCUT2D eigenvalue weighted by Gasteiger charge is 2.58. The Hall–Kier alpha value is -4.05. The van der Waals surface area contributed by atoms with E-state index in [1.165, 1.54) is 6.07 Å². The van der Waals surface area contributed by atoms with Crippen molar-refractivity contribution in [2.75, 3.05) is 7.11 Å². The molecule has 0 spiro atoms. The lowest BCUT2D eigenvalue weighted by molar-refractivity contribution is -0.175. The van der Waals surface area contributed by atoms with Gasteiger partial charge in [-0.15, -0.1) is 0 Å². The van der Waals surface area contributed by atoms with Crippen LogP contribution in [0.2, 0.25) is 0 Å². The minimum atomic E-state index is -4.18. The molecule has 4 rings (SSSR count). The van der Waals surface area contributed by atoms with Crippen LogP contribution in [0.25, 0.3) is 0 Å². The molecule has 0 aliphatic heterocycles. The highest BCUT2D eigenvalue weighted by Crippen LogP contribution is 2.49. The van der Waals surface area contributed by atoms with Crippen molar-refractivity contribution < 1.29 is 32.1 Å². The molecule has 180 valence electrons. The molecule has 2 aromatic carbocycles. The Morgan fingerprint density at radius 1 is 0.886 bits per heavy atom. The third-order valence-electron chi connectivity index (χ3n) is 5.38. The van der Waals surface area contributed by atoms with E-state index in [1.807, 2.05) is 0 Å². The summed E-state index contributed by atoms with van der Waals surface area (Å²) in [6, 6.07) is 11.2. The number of aliphatic hydroxyl groups is 1. The van der Waals surface area contributed by atoms with Crippen LogP contribution < -0.4 is 9.47 Å². The molecule has 0 amide bonds. The molecule has 1 unspecified atom stereocenters. The number of hydrogen-bond acceptors (Lipinski definition) is 6. The molecule has 0 saturated carbocycles. The number of nitrogens with zero attached hydrogens (tertiary/aromatic N) is 3. The fourth-order valence-electron chi connectivity index (χ4n) is 3.50. The van der Waals surface area contributed by atoms with Crippen LogP contribution >= 0.6 is 0 Å². The van der Waals surface area contributed by atoms with Gasteiger partial charge in [-0.05, 0) is 42.0 Å². The summed E-state index contributed by atoms with van der Waals surface area (Å²) in [6.45, 7) is 0.146. The fraction of sp³-hybridized carbons (Fsp3) is 0.160. The van der Waals surface area contributed by atoms with E-state index < -0.39 is 40.0 Å². The molecule has 35 heavy (non-hydrogen) atoms. The van der Waals surface area contributed by atoms with Gasteiger partial charge in [0, 0.05) is 29.6 Å². The van der Waals surface area contributed by atoms with Crippen LogP contribution in [-0.2, 0) is 18.1 Å². The lowest BCUT2D eigenvalue weighted by Crippen LogP contribution is -2.45. The summed E-state index contributed by atoms with van der Waals surface area (Å²) < 4.78 is 70.4. The quantitative estimate of drug-likeness (QED) is 0.363. The molecular weight excluding hydrogens is 466 g/mol. The topological polar surface area (TPSA) is 77.4 Å². The fourth-order valence-corrected chi connectivity index (χ4v) is 3.50. The van der Waals surface area contributed by atoms with E-state index in [0.29, 0.717) is 11.8 Å². The number of rotatable bonds is 8. The maximum absolute atomic E-state index is 15.8. The second kappa shape index (κ2) is 9.67. The van der Waals surface area contributed by atoms with Crippen LogP contribution in [0, 0.1) is 11.6 Å². The molecule has 0 saturated heterocycles. The Kier molecular flexibility index (Phi) is 6.65. The Morgan fingerprint density at radius 2 is 1.57 bits per heavy atom. The molecule has 2 heterocycles. The van der Waals surface area contributed by atoms with Gasteiger partial charge in [0.2, 0.25) is 0 Å². The van der Waals surface area contributed by atoms with Crippen LogP contribution in [0.5, 0.6) is 11.5 Å². The summed E-state index contributed by atoms with van der Waals surface area (Å²) in [4.78, 5) is 11.1. The first kappa shape index (κ1) is 24.1. The monoisotopic (exact) mass is 485 g/mol. The second-order valence-electron chi connectivity index (χ2n) is 7.55. The summed E-state index contributed by atoms with van der Waals surface area (Å²) in [5.41, 5.74) is -4.71. The van der Waals surface area contributed by atoms with Crippen molar-refractivity contribution >= 4 is 0 Å². The Bertz CT molecular complexity index is 1290. The number of hydrogen-bond donors (Lipinski definition) is 1. The standard InChI is InChI=1S/C25H19F4N3O3/c1-34-19-5-2-16(3-6-19)14-35-20-7-9-23(32-13-20)25(28,29)24(33,17-11-30-15-31-12-17)21-8-4-18(26)10-22(21)27/h2-13,15,33H,14H2,1H3. The van der Waals surface area contributed by atoms with Crippen LogP contribution in [0.3, 0.4) is 0 Å². The molecule has 1 N–H and O–H groups in total. The minimum Gasteiger partial charge on any atom is -0.497 e. The predicted octanol–water partition coefficient (Wildman–Crippen LogP) is 4.77. The predicted molar refractivity (Wildman–Crippen MR) is 117 cm³/mol. The van der Waals surface area contributed by atoms with Gasteiger partial charge in [-0.25, -0.2) is 18.7 Å². The zero-order valence-corrected chi connectivity index (χ0v) is 18.3. The van der Waals surface area contributed by atoms with Gasteiger partial charge in [-0.3, -0.25) is 4.98 Å². The number of pyridine rings is 1. The number of benzene rings is 2. The van der Waals surface area contributed by atoms with E-state index in [4.69, 9.17) is 9.47 Å². The molecule has 10 heteroatoms. The maximum Gasteiger partial charge on any atom is 0.326 e. The molecule has 0 bridgehead atoms. The van der Waals surface area contributed by atoms with Crippen LogP contribution in [0.1, 0.15) is 22.4 Å². The van der Waals surface area contributed by atoms with E-state index in [2.05, 4.69) is 15.0 Å². The lowest BCUT2D eigenvalue weighted by atomic mass is 9.80. The van der Waals surface area contributed by atoms with Crippen molar-refractivity contribution in [3.8, 4) is 11.5 Å². The summed E-state index contributed by atoms with van der Waals surface area (Å²) >= 11 is 0. The number of methoxy groups -OCH3 is 1. The average molecular weight is 485 g/mol. The zero-order chi connectivity index (χ0) is 25.1. The van der Waals surface area contributed by atoms with E-state index >= 15 is 8.78 Å². The van der Waals surface area contributed by atoms with Gasteiger partial charge in [0.15, 0.2) is 5.60 Å². The molecule has 0 radical (unpaired) electrons. The zero-order valence-electron chi connectivity index (χ0n) is 18.3. The van der Waals surface area contributed by atoms with Crippen molar-refractivity contribution in [3.05, 3.63) is 114 Å². The molecule has 1 atom stereocenters. The second-order valence-corrected chi connectivity index (χ2v) is 7.55. The highest BCUT2D eigenvalue weighted by atomic mass is 19.3. The number of alkyl halides is 2. The van der Waals surface area contributed by atoms with Crippen molar-refractivity contribution in [2.24, 2.45) is 0 Å². The Morgan fingerprint density at radius 3 is 2.17 bits per heavy atom. The first-order valence-electron chi connectivity index (χ1n) is 10.3. The van der Waals surface area contributed by atoms with E-state index in [-0.39, 0.29) is 12.4 Å². The minimum absolute atomic E-state index is 0.146. The average Bonchev–Trinajstić information content (AvgIpc) is 2.88. The van der Waals surface area contributed by atoms with Gasteiger partial charge in [0.05, 0.1) is 13.3 Å². The van der Waals surface area contributed by atoms with Gasteiger partial charge in [0.25, 0.3) is 0 Å². The maximum atomic E-state index is 15.8. The van der Waals surface area contributed by atoms with E-state index in [1.54, 1.807) is 31.4 Å². The van der Waals surface area contributed by atoms with Gasteiger partial charge >= 0.3 is 5.92 Å². The molecule has 6 nitrogen and oxygen atoms in total. The van der Waals surface area contributed by atoms with E-state index in [9.17, 15) is 13.9 Å². The van der Waals surface area contributed by atoms with Crippen molar-refractivity contribution in [2.45, 2.75) is 18.1 Å². The molecule has 0 fully saturated rings. The smallest absolute Gasteiger partial charge is 0.326 e. The van der Waals surface area contributed by atoms with Gasteiger partial charge in [0.1, 0.15) is 41.8 Å². The van der Waals surface area contributed by atoms with Crippen molar-refractivity contribution in [1.82, 2.24) is 15.0 Å². The van der Waals surface area contributed by atoms with Gasteiger partial charge < -0.3 is 14.6 Å². The summed E-state index contributed by atoms with van der Waals surface area (Å²) in [6.07, 6.45) is 3.98. The lowest BCUT2D eigenvalue weighted by Gasteiger charge is -2.36. The van der Waals surface area contributed by atoms with Crippen LogP contribution in [-0.4, -0.2) is 27.2 Å².